The van der Waals surface area contributed by atoms with Gasteiger partial charge in [0.05, 0.1) is 0 Å². The summed E-state index contributed by atoms with van der Waals surface area (Å²) in [6.45, 7) is 4.44. The smallest absolute Gasteiger partial charge is 0.252 e. The highest BCUT2D eigenvalue weighted by Gasteiger charge is 2.35. The van der Waals surface area contributed by atoms with E-state index >= 15 is 0 Å². The molecule has 1 saturated heterocycles. The zero-order valence-electron chi connectivity index (χ0n) is 15.1. The Bertz CT molecular complexity index is 876. The molecule has 1 aliphatic heterocycles. The number of rotatable bonds is 5. The molecular formula is C19H24N2O3S2. The highest BCUT2D eigenvalue weighted by atomic mass is 32.2. The number of amides is 1. The van der Waals surface area contributed by atoms with Crippen LogP contribution in [0.25, 0.3) is 0 Å². The summed E-state index contributed by atoms with van der Waals surface area (Å²) in [5.74, 6) is -0.143. The molecule has 1 aromatic heterocycles. The average Bonchev–Trinajstić information content (AvgIpc) is 3.13. The summed E-state index contributed by atoms with van der Waals surface area (Å²) in [5, 5.41) is 4.70. The topological polar surface area (TPSA) is 66.5 Å². The van der Waals surface area contributed by atoms with Crippen LogP contribution in [0.4, 0.5) is 5.69 Å². The highest BCUT2D eigenvalue weighted by molar-refractivity contribution is 7.91. The standard InChI is InChI=1S/C19H24N2O3S2/c1-14-8-9-17(15(2)12-14)20-18(22)13-16-6-3-4-10-21(16)26(23,24)19-7-5-11-25-19/h5,7-9,11-12,16H,3-4,6,10,13H2,1-2H3,(H,20,22). The molecule has 2 aromatic rings. The van der Waals surface area contributed by atoms with Crippen LogP contribution in [0, 0.1) is 13.8 Å². The lowest BCUT2D eigenvalue weighted by Gasteiger charge is -2.34. The summed E-state index contributed by atoms with van der Waals surface area (Å²) in [5.41, 5.74) is 2.93. The molecule has 1 aliphatic rings. The lowest BCUT2D eigenvalue weighted by atomic mass is 10.0. The molecule has 0 saturated carbocycles. The second kappa shape index (κ2) is 7.90. The molecule has 140 valence electrons. The molecule has 1 amide bonds. The average molecular weight is 393 g/mol. The third-order valence-electron chi connectivity index (χ3n) is 4.71. The predicted octanol–water partition coefficient (Wildman–Crippen LogP) is 3.94. The van der Waals surface area contributed by atoms with Crippen molar-refractivity contribution in [1.82, 2.24) is 4.31 Å². The fraction of sp³-hybridized carbons (Fsp3) is 0.421. The number of anilines is 1. The number of piperidine rings is 1. The first-order chi connectivity index (χ1) is 12.4. The predicted molar refractivity (Wildman–Crippen MR) is 105 cm³/mol. The Morgan fingerprint density at radius 3 is 2.77 bits per heavy atom. The van der Waals surface area contributed by atoms with E-state index in [9.17, 15) is 13.2 Å². The van der Waals surface area contributed by atoms with Crippen LogP contribution in [0.2, 0.25) is 0 Å². The van der Waals surface area contributed by atoms with Crippen LogP contribution in [0.15, 0.2) is 39.9 Å². The number of carbonyl (C=O) groups is 1. The number of hydrogen-bond donors (Lipinski definition) is 1. The number of sulfonamides is 1. The maximum atomic E-state index is 12.9. The number of hydrogen-bond acceptors (Lipinski definition) is 4. The summed E-state index contributed by atoms with van der Waals surface area (Å²) >= 11 is 1.22. The van der Waals surface area contributed by atoms with Gasteiger partial charge in [-0.05, 0) is 49.8 Å². The van der Waals surface area contributed by atoms with Gasteiger partial charge in [-0.15, -0.1) is 11.3 Å². The summed E-state index contributed by atoms with van der Waals surface area (Å²) in [6, 6.07) is 8.94. The fourth-order valence-electron chi connectivity index (χ4n) is 3.39. The van der Waals surface area contributed by atoms with Gasteiger partial charge in [-0.2, -0.15) is 4.31 Å². The van der Waals surface area contributed by atoms with Gasteiger partial charge in [-0.25, -0.2) is 8.42 Å². The minimum absolute atomic E-state index is 0.143. The van der Waals surface area contributed by atoms with Crippen LogP contribution in [0.5, 0.6) is 0 Å². The van der Waals surface area contributed by atoms with E-state index in [4.69, 9.17) is 0 Å². The van der Waals surface area contributed by atoms with Gasteiger partial charge >= 0.3 is 0 Å². The molecule has 26 heavy (non-hydrogen) atoms. The Morgan fingerprint density at radius 2 is 2.08 bits per heavy atom. The van der Waals surface area contributed by atoms with E-state index in [2.05, 4.69) is 5.32 Å². The van der Waals surface area contributed by atoms with Gasteiger partial charge in [0.2, 0.25) is 5.91 Å². The molecular weight excluding hydrogens is 368 g/mol. The maximum Gasteiger partial charge on any atom is 0.252 e. The van der Waals surface area contributed by atoms with E-state index in [0.29, 0.717) is 17.2 Å². The number of aryl methyl sites for hydroxylation is 2. The van der Waals surface area contributed by atoms with Crippen molar-refractivity contribution in [3.63, 3.8) is 0 Å². The number of nitrogens with zero attached hydrogens (tertiary/aromatic N) is 1. The lowest BCUT2D eigenvalue weighted by molar-refractivity contribution is -0.117. The number of benzene rings is 1. The van der Waals surface area contributed by atoms with Gasteiger partial charge in [-0.3, -0.25) is 4.79 Å². The summed E-state index contributed by atoms with van der Waals surface area (Å²) in [4.78, 5) is 12.5. The Kier molecular flexibility index (Phi) is 5.79. The van der Waals surface area contributed by atoms with Crippen LogP contribution in [-0.2, 0) is 14.8 Å². The zero-order chi connectivity index (χ0) is 18.7. The van der Waals surface area contributed by atoms with Gasteiger partial charge in [0, 0.05) is 24.7 Å². The van der Waals surface area contributed by atoms with E-state index in [1.165, 1.54) is 15.6 Å². The van der Waals surface area contributed by atoms with Crippen LogP contribution < -0.4 is 5.32 Å². The summed E-state index contributed by atoms with van der Waals surface area (Å²) in [7, 11) is -3.53. The number of nitrogens with one attached hydrogen (secondary N) is 1. The van der Waals surface area contributed by atoms with Gasteiger partial charge in [0.15, 0.2) is 0 Å². The molecule has 0 bridgehead atoms. The third kappa shape index (κ3) is 4.16. The van der Waals surface area contributed by atoms with Gasteiger partial charge in [0.25, 0.3) is 10.0 Å². The van der Waals surface area contributed by atoms with Crippen LogP contribution in [0.3, 0.4) is 0 Å². The molecule has 1 atom stereocenters. The molecule has 0 aliphatic carbocycles. The molecule has 0 spiro atoms. The van der Waals surface area contributed by atoms with Crippen LogP contribution in [0.1, 0.15) is 36.8 Å². The molecule has 1 unspecified atom stereocenters. The van der Waals surface area contributed by atoms with Crippen molar-refractivity contribution in [2.45, 2.75) is 49.8 Å². The SMILES string of the molecule is Cc1ccc(NC(=O)CC2CCCCN2S(=O)(=O)c2cccs2)c(C)c1. The second-order valence-corrected chi connectivity index (χ2v) is 9.83. The van der Waals surface area contributed by atoms with Gasteiger partial charge < -0.3 is 5.32 Å². The highest BCUT2D eigenvalue weighted by Crippen LogP contribution is 2.29. The first-order valence-electron chi connectivity index (χ1n) is 8.80. The normalized spacial score (nSPS) is 18.6. The van der Waals surface area contributed by atoms with Crippen molar-refractivity contribution in [3.8, 4) is 0 Å². The monoisotopic (exact) mass is 392 g/mol. The molecule has 0 radical (unpaired) electrons. The molecule has 5 nitrogen and oxygen atoms in total. The zero-order valence-corrected chi connectivity index (χ0v) is 16.7. The van der Waals surface area contributed by atoms with Crippen molar-refractivity contribution in [1.29, 1.82) is 0 Å². The lowest BCUT2D eigenvalue weighted by Crippen LogP contribution is -2.45. The molecule has 1 fully saturated rings. The second-order valence-electron chi connectivity index (χ2n) is 6.77. The van der Waals surface area contributed by atoms with Crippen molar-refractivity contribution in [3.05, 3.63) is 46.8 Å². The van der Waals surface area contributed by atoms with Crippen molar-refractivity contribution >= 4 is 33.0 Å². The van der Waals surface area contributed by atoms with Crippen molar-refractivity contribution in [2.75, 3.05) is 11.9 Å². The van der Waals surface area contributed by atoms with E-state index in [0.717, 1.165) is 29.7 Å². The van der Waals surface area contributed by atoms with Gasteiger partial charge in [-0.1, -0.05) is 30.2 Å². The third-order valence-corrected chi connectivity index (χ3v) is 8.03. The number of carbonyl (C=O) groups excluding carboxylic acids is 1. The largest absolute Gasteiger partial charge is 0.326 e. The Balaban J connectivity index is 1.73. The molecule has 1 aromatic carbocycles. The van der Waals surface area contributed by atoms with E-state index in [-0.39, 0.29) is 18.4 Å². The first-order valence-corrected chi connectivity index (χ1v) is 11.1. The summed E-state index contributed by atoms with van der Waals surface area (Å²) < 4.78 is 27.7. The van der Waals surface area contributed by atoms with Crippen molar-refractivity contribution in [2.24, 2.45) is 0 Å². The van der Waals surface area contributed by atoms with E-state index < -0.39 is 10.0 Å². The Hall–Kier alpha value is -1.70. The number of thiophene rings is 1. The van der Waals surface area contributed by atoms with Crippen molar-refractivity contribution < 1.29 is 13.2 Å². The Labute approximate surface area is 159 Å². The molecule has 2 heterocycles. The van der Waals surface area contributed by atoms with Gasteiger partial charge in [0.1, 0.15) is 4.21 Å². The maximum absolute atomic E-state index is 12.9. The van der Waals surface area contributed by atoms with E-state index in [1.807, 2.05) is 32.0 Å². The van der Waals surface area contributed by atoms with E-state index in [1.54, 1.807) is 17.5 Å². The molecule has 3 rings (SSSR count). The quantitative estimate of drug-likeness (QED) is 0.838. The van der Waals surface area contributed by atoms with Crippen LogP contribution in [-0.4, -0.2) is 31.2 Å². The Morgan fingerprint density at radius 1 is 1.27 bits per heavy atom. The molecule has 1 N–H and O–H groups in total. The molecule has 7 heteroatoms. The van der Waals surface area contributed by atoms with Crippen LogP contribution >= 0.6 is 11.3 Å². The minimum Gasteiger partial charge on any atom is -0.326 e. The summed E-state index contributed by atoms with van der Waals surface area (Å²) in [6.07, 6.45) is 2.67. The minimum atomic E-state index is -3.53. The fourth-order valence-corrected chi connectivity index (χ4v) is 6.20. The first kappa shape index (κ1) is 19.1.